The molecule has 3 aliphatic rings. The maximum atomic E-state index is 14.7. The van der Waals surface area contributed by atoms with Gasteiger partial charge in [-0.05, 0) is 30.0 Å². The molecule has 0 bridgehead atoms. The molecule has 19 nitrogen and oxygen atoms in total. The van der Waals surface area contributed by atoms with Crippen LogP contribution in [0.2, 0.25) is 0 Å². The Morgan fingerprint density at radius 2 is 1.68 bits per heavy atom. The number of aromatic amines is 1. The number of nitrogens with one attached hydrogen (secondary N) is 6. The number of hydrazine groups is 2. The molecule has 2 aromatic rings. The number of carbonyl (C=O) groups is 7. The lowest BCUT2D eigenvalue weighted by Crippen LogP contribution is -2.60. The van der Waals surface area contributed by atoms with Gasteiger partial charge in [0.1, 0.15) is 24.2 Å². The topological polar surface area (TPSA) is 306 Å². The molecule has 1 aromatic heterocycles. The van der Waals surface area contributed by atoms with E-state index in [4.69, 9.17) is 22.9 Å². The molecular weight excluding hydrogens is 724 g/mol. The van der Waals surface area contributed by atoms with Gasteiger partial charge in [-0.15, -0.1) is 5.53 Å². The minimum absolute atomic E-state index is 0.0541. The molecule has 3 heterocycles. The zero-order valence-electron chi connectivity index (χ0n) is 31.2. The van der Waals surface area contributed by atoms with Crippen LogP contribution >= 0.6 is 0 Å². The average molecular weight is 775 g/mol. The summed E-state index contributed by atoms with van der Waals surface area (Å²) in [5.41, 5.74) is 31.6. The summed E-state index contributed by atoms with van der Waals surface area (Å²) in [4.78, 5) is 95.9. The molecule has 1 aromatic carbocycles. The maximum absolute atomic E-state index is 14.7. The van der Waals surface area contributed by atoms with Gasteiger partial charge in [-0.25, -0.2) is 0 Å². The van der Waals surface area contributed by atoms with Gasteiger partial charge in [-0.1, -0.05) is 50.6 Å². The fourth-order valence-electron chi connectivity index (χ4n) is 6.98. The van der Waals surface area contributed by atoms with Crippen molar-refractivity contribution in [3.8, 4) is 0 Å². The summed E-state index contributed by atoms with van der Waals surface area (Å²) in [5, 5.41) is 10.5. The van der Waals surface area contributed by atoms with E-state index in [0.717, 1.165) is 22.2 Å². The van der Waals surface area contributed by atoms with Crippen LogP contribution in [0.25, 0.3) is 10.9 Å². The molecule has 1 saturated heterocycles. The fraction of sp³-hybridized carbons (Fsp3) is 0.432. The molecule has 1 fully saturated rings. The number of rotatable bonds is 18. The quantitative estimate of drug-likeness (QED) is 0.0790. The normalized spacial score (nSPS) is 20.3. The number of benzene rings is 1. The monoisotopic (exact) mass is 774 g/mol. The lowest BCUT2D eigenvalue weighted by molar-refractivity contribution is -0.143. The van der Waals surface area contributed by atoms with Crippen LogP contribution < -0.4 is 49.8 Å². The van der Waals surface area contributed by atoms with E-state index in [0.29, 0.717) is 18.5 Å². The number of nitrogens with zero attached hydrogens (tertiary/aromatic N) is 2. The lowest BCUT2D eigenvalue weighted by atomic mass is 9.96. The Morgan fingerprint density at radius 3 is 2.34 bits per heavy atom. The van der Waals surface area contributed by atoms with E-state index in [9.17, 15) is 33.6 Å². The van der Waals surface area contributed by atoms with Crippen molar-refractivity contribution in [1.29, 1.82) is 0 Å². The van der Waals surface area contributed by atoms with Crippen LogP contribution in [0.15, 0.2) is 66.3 Å². The zero-order chi connectivity index (χ0) is 40.7. The smallest absolute Gasteiger partial charge is 0.246 e. The van der Waals surface area contributed by atoms with Gasteiger partial charge >= 0.3 is 0 Å². The van der Waals surface area contributed by atoms with Crippen molar-refractivity contribution >= 4 is 52.3 Å². The number of primary amides is 3. The molecule has 0 spiro atoms. The highest BCUT2D eigenvalue weighted by atomic mass is 16.2. The largest absolute Gasteiger partial charge is 0.370 e. The first-order valence-electron chi connectivity index (χ1n) is 18.4. The fourth-order valence-corrected chi connectivity index (χ4v) is 6.98. The van der Waals surface area contributed by atoms with Crippen LogP contribution in [0.1, 0.15) is 51.5 Å². The number of aromatic nitrogens is 1. The predicted octanol–water partition coefficient (Wildman–Crippen LogP) is -2.00. The number of fused-ring (bicyclic) bond motifs is 1. The van der Waals surface area contributed by atoms with Crippen molar-refractivity contribution in [2.45, 2.75) is 82.6 Å². The molecule has 7 atom stereocenters. The summed E-state index contributed by atoms with van der Waals surface area (Å²) in [5.74, 6) is -6.51. The first kappa shape index (κ1) is 41.0. The first-order chi connectivity index (χ1) is 26.7. The molecule has 7 amide bonds. The number of para-hydroxylation sites is 1. The number of hydrogen-bond donors (Lipinski definition) is 10. The summed E-state index contributed by atoms with van der Waals surface area (Å²) in [6, 6.07) is 1.09. The van der Waals surface area contributed by atoms with Gasteiger partial charge in [-0.2, -0.15) is 0 Å². The highest BCUT2D eigenvalue weighted by molar-refractivity contribution is 5.98. The van der Waals surface area contributed by atoms with Gasteiger partial charge in [0.25, 0.3) is 0 Å². The zero-order valence-corrected chi connectivity index (χ0v) is 31.2. The van der Waals surface area contributed by atoms with Crippen molar-refractivity contribution in [2.75, 3.05) is 6.54 Å². The van der Waals surface area contributed by atoms with Crippen LogP contribution in [0.4, 0.5) is 0 Å². The molecule has 300 valence electrons. The highest BCUT2D eigenvalue weighted by Gasteiger charge is 2.46. The van der Waals surface area contributed by atoms with Crippen molar-refractivity contribution in [1.82, 2.24) is 41.8 Å². The Bertz CT molecular complexity index is 1960. The van der Waals surface area contributed by atoms with Gasteiger partial charge < -0.3 is 54.2 Å². The maximum Gasteiger partial charge on any atom is 0.246 e. The van der Waals surface area contributed by atoms with E-state index < -0.39 is 90.3 Å². The minimum Gasteiger partial charge on any atom is -0.370 e. The van der Waals surface area contributed by atoms with Crippen LogP contribution in [-0.4, -0.2) is 93.0 Å². The molecule has 14 N–H and O–H groups in total. The summed E-state index contributed by atoms with van der Waals surface area (Å²) >= 11 is 0. The van der Waals surface area contributed by atoms with E-state index in [2.05, 4.69) is 31.9 Å². The number of likely N-dealkylation sites (tertiary alicyclic amines) is 1. The van der Waals surface area contributed by atoms with Crippen molar-refractivity contribution in [3.05, 3.63) is 71.8 Å². The molecule has 1 aliphatic carbocycles. The molecule has 1 unspecified atom stereocenters. The molecule has 0 radical (unpaired) electrons. The van der Waals surface area contributed by atoms with Gasteiger partial charge in [0.15, 0.2) is 0 Å². The first-order valence-corrected chi connectivity index (χ1v) is 18.4. The number of allylic oxidation sites excluding steroid dienone is 3. The predicted molar refractivity (Wildman–Crippen MR) is 204 cm³/mol. The van der Waals surface area contributed by atoms with Crippen molar-refractivity contribution in [2.24, 2.45) is 34.8 Å². The molecule has 0 saturated carbocycles. The second kappa shape index (κ2) is 17.9. The molecule has 5 rings (SSSR count). The third-order valence-corrected chi connectivity index (χ3v) is 10.3. The van der Waals surface area contributed by atoms with E-state index >= 15 is 0 Å². The van der Waals surface area contributed by atoms with Crippen molar-refractivity contribution < 1.29 is 33.6 Å². The van der Waals surface area contributed by atoms with E-state index in [1.165, 1.54) is 4.90 Å². The highest BCUT2D eigenvalue weighted by Crippen LogP contribution is 2.32. The van der Waals surface area contributed by atoms with Gasteiger partial charge in [0, 0.05) is 54.3 Å². The average Bonchev–Trinajstić information content (AvgIpc) is 3.99. The SMILES string of the molecule is CC[C@H](C)[C@H](NC(=O)[C@H](CC(N)=O)NC(=O)[C@@H](N)CC(N)=O)C(=O)N1CC(C2=CN(C3=CC=CC3)NN2)C[C@H]1C(=O)N[C@@H](Cc1c[nH]c2ccccc12)C(N)=O. The third kappa shape index (κ3) is 9.71. The van der Waals surface area contributed by atoms with Crippen LogP contribution in [-0.2, 0) is 40.0 Å². The Kier molecular flexibility index (Phi) is 13.1. The Morgan fingerprint density at radius 1 is 0.946 bits per heavy atom. The number of carbonyl (C=O) groups excluding carboxylic acids is 7. The minimum atomic E-state index is -1.55. The standard InChI is InChI=1S/C37H50N12O7/c1-3-19(2)32(45-35(54)27(15-31(40)51)44-34(53)24(38)14-30(39)50)37(56)48-17-21(28-18-49(47-46-28)22-8-4-5-9-22)13-29(48)36(55)43-26(33(41)52)12-20-16-42-25-11-7-6-10-23(20)25/h4-8,10-11,16,18-19,21,24,26-27,29,32,42,46-47H,3,9,12-15,17,38H2,1-2H3,(H2,39,50)(H2,40,51)(H2,41,52)(H,43,55)(H,44,53)(H,45,54)/t19-,21?,24-,26-,27-,29-,32-/m0/s1. The summed E-state index contributed by atoms with van der Waals surface area (Å²) in [7, 11) is 0. The van der Waals surface area contributed by atoms with Gasteiger partial charge in [0.05, 0.1) is 24.6 Å². The second-order valence-corrected chi connectivity index (χ2v) is 14.3. The van der Waals surface area contributed by atoms with E-state index in [-0.39, 0.29) is 25.3 Å². The molecular formula is C37H50N12O7. The number of amides is 7. The van der Waals surface area contributed by atoms with E-state index in [1.54, 1.807) is 13.1 Å². The Balaban J connectivity index is 1.41. The van der Waals surface area contributed by atoms with Crippen LogP contribution in [0.3, 0.4) is 0 Å². The Hall–Kier alpha value is -6.21. The number of hydrogen-bond acceptors (Lipinski definition) is 11. The van der Waals surface area contributed by atoms with E-state index in [1.807, 2.05) is 60.6 Å². The lowest BCUT2D eigenvalue weighted by Gasteiger charge is -2.32. The Labute approximate surface area is 323 Å². The van der Waals surface area contributed by atoms with Crippen LogP contribution in [0, 0.1) is 11.8 Å². The third-order valence-electron chi connectivity index (χ3n) is 10.3. The molecule has 2 aliphatic heterocycles. The van der Waals surface area contributed by atoms with Gasteiger partial charge in [0.2, 0.25) is 41.4 Å². The number of H-pyrrole nitrogens is 1. The summed E-state index contributed by atoms with van der Waals surface area (Å²) in [6.07, 6.45) is 9.68. The van der Waals surface area contributed by atoms with Crippen LogP contribution in [0.5, 0.6) is 0 Å². The molecule has 56 heavy (non-hydrogen) atoms. The number of nitrogens with two attached hydrogens (primary N) is 4. The van der Waals surface area contributed by atoms with Gasteiger partial charge in [-0.3, -0.25) is 38.6 Å². The summed E-state index contributed by atoms with van der Waals surface area (Å²) < 4.78 is 0. The summed E-state index contributed by atoms with van der Waals surface area (Å²) in [6.45, 7) is 3.59. The van der Waals surface area contributed by atoms with Crippen molar-refractivity contribution in [3.63, 3.8) is 0 Å². The second-order valence-electron chi connectivity index (χ2n) is 14.3. The molecule has 19 heteroatoms.